The lowest BCUT2D eigenvalue weighted by Gasteiger charge is -2.28. The van der Waals surface area contributed by atoms with Gasteiger partial charge in [-0.1, -0.05) is 15.9 Å². The molecule has 6 heteroatoms. The average Bonchev–Trinajstić information content (AvgIpc) is 2.71. The zero-order chi connectivity index (χ0) is 14.4. The van der Waals surface area contributed by atoms with Gasteiger partial charge in [0.2, 0.25) is 0 Å². The van der Waals surface area contributed by atoms with Crippen molar-refractivity contribution in [1.82, 2.24) is 8.87 Å². The Labute approximate surface area is 129 Å². The third kappa shape index (κ3) is 2.24. The standard InChI is InChI=1S/C14H17BrN2O2S/c1-16(2)10-4-6-14-12(8-10)11-7-9(15)3-5-13(11)17(14)20(18)19/h3,5,7,10H,4,6,8H2,1-2H3,(H,18,19). The second-order valence-electron chi connectivity index (χ2n) is 5.47. The molecule has 0 fully saturated rings. The smallest absolute Gasteiger partial charge is 0.266 e. The minimum Gasteiger partial charge on any atom is -0.306 e. The number of rotatable bonds is 2. The highest BCUT2D eigenvalue weighted by Gasteiger charge is 2.28. The molecule has 0 radical (unpaired) electrons. The summed E-state index contributed by atoms with van der Waals surface area (Å²) in [5.41, 5.74) is 3.07. The van der Waals surface area contributed by atoms with Crippen molar-refractivity contribution in [3.05, 3.63) is 33.9 Å². The Bertz CT molecular complexity index is 696. The van der Waals surface area contributed by atoms with E-state index in [9.17, 15) is 8.76 Å². The van der Waals surface area contributed by atoms with E-state index in [0.29, 0.717) is 6.04 Å². The topological polar surface area (TPSA) is 45.5 Å². The Balaban J connectivity index is 2.24. The summed E-state index contributed by atoms with van der Waals surface area (Å²) in [7, 11) is 4.18. The molecule has 0 saturated heterocycles. The minimum atomic E-state index is -2.00. The molecule has 20 heavy (non-hydrogen) atoms. The van der Waals surface area contributed by atoms with E-state index in [1.165, 1.54) is 5.56 Å². The fourth-order valence-corrected chi connectivity index (χ4v) is 4.17. The van der Waals surface area contributed by atoms with Gasteiger partial charge in [0, 0.05) is 21.6 Å². The van der Waals surface area contributed by atoms with Crippen LogP contribution in [-0.4, -0.2) is 37.8 Å². The van der Waals surface area contributed by atoms with Crippen LogP contribution < -0.4 is 0 Å². The molecule has 1 aliphatic carbocycles. The maximum absolute atomic E-state index is 11.7. The van der Waals surface area contributed by atoms with Gasteiger partial charge in [0.05, 0.1) is 5.52 Å². The number of hydrogen-bond acceptors (Lipinski definition) is 2. The number of nitrogens with zero attached hydrogens (tertiary/aromatic N) is 2. The molecular weight excluding hydrogens is 340 g/mol. The fraction of sp³-hybridized carbons (Fsp3) is 0.429. The van der Waals surface area contributed by atoms with E-state index in [0.717, 1.165) is 40.3 Å². The van der Waals surface area contributed by atoms with Crippen molar-refractivity contribution in [3.63, 3.8) is 0 Å². The first-order valence-electron chi connectivity index (χ1n) is 6.58. The summed E-state index contributed by atoms with van der Waals surface area (Å²) in [6.45, 7) is 0. The molecule has 4 nitrogen and oxygen atoms in total. The lowest BCUT2D eigenvalue weighted by molar-refractivity contribution is 0.267. The van der Waals surface area contributed by atoms with E-state index in [4.69, 9.17) is 0 Å². The quantitative estimate of drug-likeness (QED) is 0.841. The van der Waals surface area contributed by atoms with Crippen molar-refractivity contribution in [2.75, 3.05) is 14.1 Å². The molecule has 1 aromatic heterocycles. The van der Waals surface area contributed by atoms with Crippen molar-refractivity contribution in [2.24, 2.45) is 0 Å². The molecule has 0 amide bonds. The van der Waals surface area contributed by atoms with E-state index in [-0.39, 0.29) is 0 Å². The lowest BCUT2D eigenvalue weighted by atomic mass is 9.91. The summed E-state index contributed by atoms with van der Waals surface area (Å²) in [6, 6.07) is 6.37. The van der Waals surface area contributed by atoms with Gasteiger partial charge in [0.1, 0.15) is 0 Å². The highest BCUT2D eigenvalue weighted by molar-refractivity contribution is 9.10. The SMILES string of the molecule is CN(C)C1CCc2c(c3cc(Br)ccc3n2S(=O)O)C1. The molecule has 2 aromatic rings. The van der Waals surface area contributed by atoms with Crippen LogP contribution in [0.3, 0.4) is 0 Å². The maximum Gasteiger partial charge on any atom is 0.266 e. The zero-order valence-corrected chi connectivity index (χ0v) is 13.9. The average molecular weight is 357 g/mol. The summed E-state index contributed by atoms with van der Waals surface area (Å²) in [5, 5.41) is 1.09. The predicted molar refractivity (Wildman–Crippen MR) is 85.3 cm³/mol. The van der Waals surface area contributed by atoms with Gasteiger partial charge < -0.3 is 4.90 Å². The van der Waals surface area contributed by atoms with Gasteiger partial charge in [-0.15, -0.1) is 0 Å². The Morgan fingerprint density at radius 2 is 2.20 bits per heavy atom. The van der Waals surface area contributed by atoms with E-state index in [2.05, 4.69) is 41.0 Å². The number of halogens is 1. The maximum atomic E-state index is 11.7. The van der Waals surface area contributed by atoms with Gasteiger partial charge in [0.15, 0.2) is 0 Å². The van der Waals surface area contributed by atoms with Crippen LogP contribution in [0.5, 0.6) is 0 Å². The van der Waals surface area contributed by atoms with Crippen LogP contribution in [0.15, 0.2) is 22.7 Å². The van der Waals surface area contributed by atoms with Crippen LogP contribution in [0.2, 0.25) is 0 Å². The molecule has 108 valence electrons. The first-order valence-corrected chi connectivity index (χ1v) is 8.44. The molecule has 0 aliphatic heterocycles. The molecule has 0 spiro atoms. The lowest BCUT2D eigenvalue weighted by Crippen LogP contribution is -2.33. The van der Waals surface area contributed by atoms with Crippen LogP contribution in [0, 0.1) is 0 Å². The van der Waals surface area contributed by atoms with Crippen LogP contribution in [0.4, 0.5) is 0 Å². The van der Waals surface area contributed by atoms with Crippen LogP contribution >= 0.6 is 15.9 Å². The Morgan fingerprint density at radius 1 is 1.45 bits per heavy atom. The fourth-order valence-electron chi connectivity index (χ4n) is 3.09. The monoisotopic (exact) mass is 356 g/mol. The molecule has 1 aliphatic rings. The molecule has 0 saturated carbocycles. The van der Waals surface area contributed by atoms with Gasteiger partial charge in [-0.3, -0.25) is 4.55 Å². The van der Waals surface area contributed by atoms with Crippen LogP contribution in [0.1, 0.15) is 17.7 Å². The second kappa shape index (κ2) is 5.26. The van der Waals surface area contributed by atoms with E-state index >= 15 is 0 Å². The van der Waals surface area contributed by atoms with Gasteiger partial charge in [0.25, 0.3) is 11.3 Å². The summed E-state index contributed by atoms with van der Waals surface area (Å²) in [5.74, 6) is 0. The number of benzene rings is 1. The molecule has 2 unspecified atom stereocenters. The van der Waals surface area contributed by atoms with Crippen molar-refractivity contribution >= 4 is 38.1 Å². The van der Waals surface area contributed by atoms with Gasteiger partial charge in [-0.2, -0.15) is 0 Å². The summed E-state index contributed by atoms with van der Waals surface area (Å²) >= 11 is 1.49. The normalized spacial score (nSPS) is 20.4. The zero-order valence-electron chi connectivity index (χ0n) is 11.5. The first kappa shape index (κ1) is 14.3. The van der Waals surface area contributed by atoms with Crippen molar-refractivity contribution in [1.29, 1.82) is 0 Å². The van der Waals surface area contributed by atoms with Crippen molar-refractivity contribution in [3.8, 4) is 0 Å². The number of likely N-dealkylation sites (N-methyl/N-ethyl adjacent to an activating group) is 1. The van der Waals surface area contributed by atoms with Gasteiger partial charge in [-0.05, 0) is 57.1 Å². The molecule has 1 N–H and O–H groups in total. The van der Waals surface area contributed by atoms with E-state index < -0.39 is 11.3 Å². The number of hydrogen-bond donors (Lipinski definition) is 1. The molecule has 1 heterocycles. The third-order valence-electron chi connectivity index (χ3n) is 4.14. The Kier molecular flexibility index (Phi) is 3.75. The first-order chi connectivity index (χ1) is 9.49. The highest BCUT2D eigenvalue weighted by Crippen LogP contribution is 2.35. The molecule has 2 atom stereocenters. The molecular formula is C14H17BrN2O2S. The number of fused-ring (bicyclic) bond motifs is 3. The Morgan fingerprint density at radius 3 is 2.85 bits per heavy atom. The third-order valence-corrected chi connectivity index (χ3v) is 5.36. The predicted octanol–water partition coefficient (Wildman–Crippen LogP) is 2.81. The van der Waals surface area contributed by atoms with Gasteiger partial charge in [-0.25, -0.2) is 8.18 Å². The highest BCUT2D eigenvalue weighted by atomic mass is 79.9. The summed E-state index contributed by atoms with van der Waals surface area (Å²) in [6.07, 6.45) is 2.80. The Hall–Kier alpha value is -0.690. The largest absolute Gasteiger partial charge is 0.306 e. The van der Waals surface area contributed by atoms with Crippen molar-refractivity contribution in [2.45, 2.75) is 25.3 Å². The van der Waals surface area contributed by atoms with E-state index in [1.807, 2.05) is 12.1 Å². The molecule has 0 bridgehead atoms. The van der Waals surface area contributed by atoms with Gasteiger partial charge >= 0.3 is 0 Å². The second-order valence-corrected chi connectivity index (χ2v) is 7.21. The summed E-state index contributed by atoms with van der Waals surface area (Å²) in [4.78, 5) is 2.24. The summed E-state index contributed by atoms with van der Waals surface area (Å²) < 4.78 is 23.9. The van der Waals surface area contributed by atoms with E-state index in [1.54, 1.807) is 3.97 Å². The number of aromatic nitrogens is 1. The molecule has 3 rings (SSSR count). The van der Waals surface area contributed by atoms with Crippen molar-refractivity contribution < 1.29 is 8.76 Å². The minimum absolute atomic E-state index is 0.493. The van der Waals surface area contributed by atoms with Crippen LogP contribution in [0.25, 0.3) is 10.9 Å². The van der Waals surface area contributed by atoms with Crippen LogP contribution in [-0.2, 0) is 24.1 Å². The molecule has 1 aromatic carbocycles.